The Morgan fingerprint density at radius 3 is 2.63 bits per heavy atom. The Bertz CT molecular complexity index is 1310. The van der Waals surface area contributed by atoms with Crippen molar-refractivity contribution in [2.75, 3.05) is 19.0 Å². The van der Waals surface area contributed by atoms with Crippen molar-refractivity contribution < 1.29 is 23.9 Å². The average Bonchev–Trinajstić information content (AvgIpc) is 3.12. The van der Waals surface area contributed by atoms with E-state index < -0.39 is 17.1 Å². The van der Waals surface area contributed by atoms with Gasteiger partial charge in [-0.2, -0.15) is 0 Å². The maximum absolute atomic E-state index is 12.9. The van der Waals surface area contributed by atoms with Crippen LogP contribution in [-0.4, -0.2) is 41.7 Å². The number of hydrogen-bond donors (Lipinski definition) is 1. The van der Waals surface area contributed by atoms with Crippen molar-refractivity contribution in [1.29, 1.82) is 0 Å². The Morgan fingerprint density at radius 1 is 1.09 bits per heavy atom. The zero-order valence-electron chi connectivity index (χ0n) is 19.7. The molecule has 3 aromatic carbocycles. The Labute approximate surface area is 208 Å². The number of nitrogens with zero attached hydrogens (tertiary/aromatic N) is 1. The highest BCUT2D eigenvalue weighted by Gasteiger charge is 2.36. The van der Waals surface area contributed by atoms with Crippen LogP contribution in [0.3, 0.4) is 0 Å². The fraction of sp³-hybridized carbons (Fsp3) is 0.222. The van der Waals surface area contributed by atoms with E-state index in [4.69, 9.17) is 9.47 Å². The summed E-state index contributed by atoms with van der Waals surface area (Å²) in [5.74, 6) is 0.190. The molecule has 3 amide bonds. The molecule has 1 aliphatic heterocycles. The topological polar surface area (TPSA) is 84.9 Å². The normalized spacial score (nSPS) is 15.5. The molecule has 35 heavy (non-hydrogen) atoms. The van der Waals surface area contributed by atoms with E-state index in [9.17, 15) is 14.4 Å². The average molecular weight is 491 g/mol. The number of ether oxygens (including phenoxy) is 2. The number of carbonyl (C=O) groups is 3. The van der Waals surface area contributed by atoms with Gasteiger partial charge in [0.25, 0.3) is 11.1 Å². The van der Waals surface area contributed by atoms with Crippen LogP contribution < -0.4 is 14.8 Å². The summed E-state index contributed by atoms with van der Waals surface area (Å²) in [6, 6.07) is 18.6. The van der Waals surface area contributed by atoms with E-state index in [0.717, 1.165) is 33.9 Å². The van der Waals surface area contributed by atoms with Crippen LogP contribution in [0.1, 0.15) is 25.8 Å². The quantitative estimate of drug-likeness (QED) is 0.408. The van der Waals surface area contributed by atoms with Crippen molar-refractivity contribution in [2.24, 2.45) is 0 Å². The lowest BCUT2D eigenvalue weighted by molar-refractivity contribution is -0.127. The van der Waals surface area contributed by atoms with Gasteiger partial charge < -0.3 is 14.8 Å². The number of benzene rings is 3. The number of anilines is 1. The molecular formula is C27H26N2O5S. The fourth-order valence-corrected chi connectivity index (χ4v) is 4.47. The number of methoxy groups -OCH3 is 1. The van der Waals surface area contributed by atoms with Gasteiger partial charge in [-0.05, 0) is 60.3 Å². The second-order valence-electron chi connectivity index (χ2n) is 8.09. The molecule has 8 heteroatoms. The second kappa shape index (κ2) is 10.7. The van der Waals surface area contributed by atoms with Crippen LogP contribution in [0.4, 0.5) is 10.5 Å². The summed E-state index contributed by atoms with van der Waals surface area (Å²) in [5, 5.41) is 4.19. The van der Waals surface area contributed by atoms with Crippen LogP contribution in [0, 0.1) is 0 Å². The molecule has 1 atom stereocenters. The van der Waals surface area contributed by atoms with Gasteiger partial charge >= 0.3 is 0 Å². The third-order valence-corrected chi connectivity index (χ3v) is 6.53. The van der Waals surface area contributed by atoms with E-state index in [1.165, 1.54) is 0 Å². The molecule has 0 saturated carbocycles. The summed E-state index contributed by atoms with van der Waals surface area (Å²) < 4.78 is 11.3. The van der Waals surface area contributed by atoms with Gasteiger partial charge in [-0.3, -0.25) is 19.3 Å². The molecule has 1 aliphatic rings. The minimum atomic E-state index is -0.507. The van der Waals surface area contributed by atoms with Gasteiger partial charge in [-0.15, -0.1) is 0 Å². The first kappa shape index (κ1) is 24.3. The van der Waals surface area contributed by atoms with Crippen molar-refractivity contribution in [2.45, 2.75) is 26.4 Å². The largest absolute Gasteiger partial charge is 0.493 e. The monoisotopic (exact) mass is 490 g/mol. The van der Waals surface area contributed by atoms with E-state index in [-0.39, 0.29) is 17.6 Å². The van der Waals surface area contributed by atoms with Gasteiger partial charge in [0, 0.05) is 11.1 Å². The third kappa shape index (κ3) is 5.49. The van der Waals surface area contributed by atoms with Crippen LogP contribution in [0.5, 0.6) is 11.5 Å². The van der Waals surface area contributed by atoms with Gasteiger partial charge in [0.15, 0.2) is 11.5 Å². The smallest absolute Gasteiger partial charge is 0.294 e. The molecule has 1 unspecified atom stereocenters. The first-order valence-corrected chi connectivity index (χ1v) is 12.1. The third-order valence-electron chi connectivity index (χ3n) is 5.63. The Hall–Kier alpha value is -3.78. The minimum Gasteiger partial charge on any atom is -0.493 e. The molecule has 0 radical (unpaired) electrons. The molecule has 0 aliphatic carbocycles. The van der Waals surface area contributed by atoms with Gasteiger partial charge in [0.2, 0.25) is 5.91 Å². The Balaban J connectivity index is 1.47. The van der Waals surface area contributed by atoms with Gasteiger partial charge in [0.1, 0.15) is 6.54 Å². The summed E-state index contributed by atoms with van der Waals surface area (Å²) >= 11 is 0.806. The summed E-state index contributed by atoms with van der Waals surface area (Å²) in [6.45, 7) is 3.64. The maximum Gasteiger partial charge on any atom is 0.294 e. The molecule has 7 nitrogen and oxygen atoms in total. The molecule has 1 N–H and O–H groups in total. The fourth-order valence-electron chi connectivity index (χ4n) is 3.63. The summed E-state index contributed by atoms with van der Waals surface area (Å²) in [6.07, 6.45) is 2.50. The molecule has 1 saturated heterocycles. The van der Waals surface area contributed by atoms with Gasteiger partial charge in [-0.1, -0.05) is 49.4 Å². The van der Waals surface area contributed by atoms with Crippen LogP contribution in [0.2, 0.25) is 0 Å². The predicted molar refractivity (Wildman–Crippen MR) is 139 cm³/mol. The molecule has 4 rings (SSSR count). The Morgan fingerprint density at radius 2 is 1.86 bits per heavy atom. The van der Waals surface area contributed by atoms with E-state index in [1.807, 2.05) is 50.2 Å². The van der Waals surface area contributed by atoms with E-state index in [1.54, 1.807) is 37.5 Å². The molecule has 0 spiro atoms. The molecule has 0 bridgehead atoms. The van der Waals surface area contributed by atoms with Crippen LogP contribution in [0.25, 0.3) is 16.8 Å². The molecule has 180 valence electrons. The van der Waals surface area contributed by atoms with Gasteiger partial charge in [0.05, 0.1) is 18.1 Å². The number of fused-ring (bicyclic) bond motifs is 1. The maximum atomic E-state index is 12.9. The zero-order chi connectivity index (χ0) is 24.9. The number of imide groups is 1. The standard InChI is InChI=1S/C27H26N2O5S/c1-4-17(2)34-22-13-12-18(14-23(22)33-3)15-24-26(31)29(27(32)35-24)16-25(30)28-21-11-7-9-19-8-5-6-10-20(19)21/h5-15,17H,4,16H2,1-3H3,(H,28,30)/b24-15+. The summed E-state index contributed by atoms with van der Waals surface area (Å²) in [7, 11) is 1.55. The molecular weight excluding hydrogens is 464 g/mol. The number of nitrogens with one attached hydrogen (secondary N) is 1. The van der Waals surface area contributed by atoms with Crippen molar-refractivity contribution >= 4 is 51.4 Å². The molecule has 1 fully saturated rings. The van der Waals surface area contributed by atoms with Crippen molar-refractivity contribution in [3.63, 3.8) is 0 Å². The van der Waals surface area contributed by atoms with Crippen LogP contribution in [-0.2, 0) is 9.59 Å². The second-order valence-corrected chi connectivity index (χ2v) is 9.08. The zero-order valence-corrected chi connectivity index (χ0v) is 20.6. The first-order chi connectivity index (χ1) is 16.9. The highest BCUT2D eigenvalue weighted by atomic mass is 32.2. The molecule has 0 aromatic heterocycles. The molecule has 1 heterocycles. The predicted octanol–water partition coefficient (Wildman–Crippen LogP) is 5.70. The summed E-state index contributed by atoms with van der Waals surface area (Å²) in [5.41, 5.74) is 1.31. The number of amides is 3. The number of carbonyl (C=O) groups excluding carboxylic acids is 3. The van der Waals surface area contributed by atoms with Crippen molar-refractivity contribution in [3.05, 3.63) is 71.1 Å². The lowest BCUT2D eigenvalue weighted by atomic mass is 10.1. The first-order valence-electron chi connectivity index (χ1n) is 11.3. The van der Waals surface area contributed by atoms with Crippen molar-refractivity contribution in [3.8, 4) is 11.5 Å². The SMILES string of the molecule is CCC(C)Oc1ccc(/C=C2/SC(=O)N(CC(=O)Nc3cccc4ccccc34)C2=O)cc1OC. The van der Waals surface area contributed by atoms with Crippen LogP contribution in [0.15, 0.2) is 65.6 Å². The lowest BCUT2D eigenvalue weighted by Crippen LogP contribution is -2.36. The lowest BCUT2D eigenvalue weighted by Gasteiger charge is -2.15. The minimum absolute atomic E-state index is 0.0336. The highest BCUT2D eigenvalue weighted by molar-refractivity contribution is 8.18. The summed E-state index contributed by atoms with van der Waals surface area (Å²) in [4.78, 5) is 39.3. The number of thioether (sulfide) groups is 1. The van der Waals surface area contributed by atoms with Crippen molar-refractivity contribution in [1.82, 2.24) is 4.90 Å². The highest BCUT2D eigenvalue weighted by Crippen LogP contribution is 2.35. The Kier molecular flexibility index (Phi) is 7.41. The van der Waals surface area contributed by atoms with Gasteiger partial charge in [-0.25, -0.2) is 0 Å². The van der Waals surface area contributed by atoms with E-state index in [2.05, 4.69) is 5.32 Å². The molecule has 3 aromatic rings. The van der Waals surface area contributed by atoms with E-state index in [0.29, 0.717) is 22.7 Å². The van der Waals surface area contributed by atoms with E-state index >= 15 is 0 Å². The number of hydrogen-bond acceptors (Lipinski definition) is 6. The van der Waals surface area contributed by atoms with Crippen LogP contribution >= 0.6 is 11.8 Å². The number of rotatable bonds is 8.